The van der Waals surface area contributed by atoms with Crippen LogP contribution in [0.25, 0.3) is 5.69 Å². The number of carboxylic acids is 1. The maximum absolute atomic E-state index is 11.2. The summed E-state index contributed by atoms with van der Waals surface area (Å²) in [6.07, 6.45) is 1.65. The average Bonchev–Trinajstić information content (AvgIpc) is 2.71. The van der Waals surface area contributed by atoms with Gasteiger partial charge in [0.25, 0.3) is 0 Å². The van der Waals surface area contributed by atoms with E-state index in [2.05, 4.69) is 15.9 Å². The van der Waals surface area contributed by atoms with Crippen molar-refractivity contribution in [2.75, 3.05) is 7.11 Å². The summed E-state index contributed by atoms with van der Waals surface area (Å²) in [5.74, 6) is -0.479. The third kappa shape index (κ3) is 2.37. The summed E-state index contributed by atoms with van der Waals surface area (Å²) in [4.78, 5) is 11.2. The number of carbonyl (C=O) groups is 1. The summed E-state index contributed by atoms with van der Waals surface area (Å²) in [5, 5.41) is 9.66. The Morgan fingerprint density at radius 3 is 2.78 bits per heavy atom. The number of aromatic nitrogens is 1. The summed E-state index contributed by atoms with van der Waals surface area (Å²) in [6, 6.07) is 6.54. The number of hydrogen-bond donors (Lipinski definition) is 1. The fourth-order valence-electron chi connectivity index (χ4n) is 1.65. The van der Waals surface area contributed by atoms with Crippen LogP contribution >= 0.6 is 27.5 Å². The Hall–Kier alpha value is -1.46. The predicted octanol–water partition coefficient (Wildman–Crippen LogP) is 3.60. The second-order valence-corrected chi connectivity index (χ2v) is 4.89. The smallest absolute Gasteiger partial charge is 0.352 e. The molecule has 4 nitrogen and oxygen atoms in total. The van der Waals surface area contributed by atoms with Gasteiger partial charge in [0.1, 0.15) is 11.4 Å². The van der Waals surface area contributed by atoms with Gasteiger partial charge in [-0.1, -0.05) is 11.6 Å². The highest BCUT2D eigenvalue weighted by atomic mass is 79.9. The Kier molecular flexibility index (Phi) is 3.63. The summed E-state index contributed by atoms with van der Waals surface area (Å²) < 4.78 is 7.39. The number of nitrogens with zero attached hydrogens (tertiary/aromatic N) is 1. The van der Waals surface area contributed by atoms with Gasteiger partial charge in [0.2, 0.25) is 0 Å². The summed E-state index contributed by atoms with van der Waals surface area (Å²) in [7, 11) is 1.52. The van der Waals surface area contributed by atoms with Crippen molar-refractivity contribution in [2.45, 2.75) is 0 Å². The largest absolute Gasteiger partial charge is 0.495 e. The van der Waals surface area contributed by atoms with E-state index in [0.717, 1.165) is 0 Å². The molecule has 0 atom stereocenters. The second-order valence-electron chi connectivity index (χ2n) is 3.53. The number of benzene rings is 1. The topological polar surface area (TPSA) is 51.5 Å². The maximum atomic E-state index is 11.2. The molecule has 1 aromatic carbocycles. The highest BCUT2D eigenvalue weighted by molar-refractivity contribution is 9.10. The van der Waals surface area contributed by atoms with Crippen molar-refractivity contribution in [3.63, 3.8) is 0 Å². The van der Waals surface area contributed by atoms with Crippen molar-refractivity contribution in [1.29, 1.82) is 0 Å². The Balaban J connectivity index is 2.68. The summed E-state index contributed by atoms with van der Waals surface area (Å²) >= 11 is 9.19. The van der Waals surface area contributed by atoms with Crippen LogP contribution in [0.3, 0.4) is 0 Å². The van der Waals surface area contributed by atoms with Gasteiger partial charge in [0.05, 0.1) is 12.8 Å². The molecule has 2 rings (SSSR count). The van der Waals surface area contributed by atoms with Crippen LogP contribution in [0, 0.1) is 0 Å². The number of rotatable bonds is 3. The first-order chi connectivity index (χ1) is 8.52. The van der Waals surface area contributed by atoms with Crippen molar-refractivity contribution in [3.05, 3.63) is 45.7 Å². The zero-order valence-electron chi connectivity index (χ0n) is 9.35. The minimum absolute atomic E-state index is 0.127. The maximum Gasteiger partial charge on any atom is 0.352 e. The van der Waals surface area contributed by atoms with Gasteiger partial charge in [-0.3, -0.25) is 0 Å². The molecule has 0 fully saturated rings. The quantitative estimate of drug-likeness (QED) is 0.935. The lowest BCUT2D eigenvalue weighted by molar-refractivity contribution is 0.0688. The monoisotopic (exact) mass is 329 g/mol. The van der Waals surface area contributed by atoms with Crippen molar-refractivity contribution in [1.82, 2.24) is 4.57 Å². The molecule has 0 spiro atoms. The molecule has 6 heteroatoms. The van der Waals surface area contributed by atoms with Crippen LogP contribution in [0.2, 0.25) is 5.02 Å². The third-order valence-corrected chi connectivity index (χ3v) is 3.07. The van der Waals surface area contributed by atoms with Gasteiger partial charge in [0, 0.05) is 15.7 Å². The third-order valence-electron chi connectivity index (χ3n) is 2.41. The molecular formula is C12H9BrClNO3. The highest BCUT2D eigenvalue weighted by Gasteiger charge is 2.16. The summed E-state index contributed by atoms with van der Waals surface area (Å²) in [5.41, 5.74) is 0.704. The fourth-order valence-corrected chi connectivity index (χ4v) is 2.23. The molecule has 0 saturated heterocycles. The molecule has 0 bridgehead atoms. The molecule has 0 radical (unpaired) electrons. The van der Waals surface area contributed by atoms with E-state index >= 15 is 0 Å². The van der Waals surface area contributed by atoms with Gasteiger partial charge >= 0.3 is 5.97 Å². The predicted molar refractivity (Wildman–Crippen MR) is 72.0 cm³/mol. The molecule has 1 N–H and O–H groups in total. The van der Waals surface area contributed by atoms with Crippen LogP contribution in [0.4, 0.5) is 0 Å². The van der Waals surface area contributed by atoms with E-state index in [0.29, 0.717) is 20.9 Å². The van der Waals surface area contributed by atoms with Crippen molar-refractivity contribution in [3.8, 4) is 11.4 Å². The van der Waals surface area contributed by atoms with Crippen molar-refractivity contribution in [2.24, 2.45) is 0 Å². The van der Waals surface area contributed by atoms with Crippen LogP contribution in [-0.4, -0.2) is 22.8 Å². The van der Waals surface area contributed by atoms with E-state index in [1.807, 2.05) is 0 Å². The molecule has 0 unspecified atom stereocenters. The van der Waals surface area contributed by atoms with E-state index in [4.69, 9.17) is 21.4 Å². The van der Waals surface area contributed by atoms with E-state index in [1.54, 1.807) is 24.4 Å². The fraction of sp³-hybridized carbons (Fsp3) is 0.0833. The van der Waals surface area contributed by atoms with Crippen LogP contribution in [0.15, 0.2) is 34.9 Å². The summed E-state index contributed by atoms with van der Waals surface area (Å²) in [6.45, 7) is 0. The average molecular weight is 331 g/mol. The van der Waals surface area contributed by atoms with E-state index in [-0.39, 0.29) is 5.69 Å². The second kappa shape index (κ2) is 5.04. The zero-order chi connectivity index (χ0) is 13.3. The van der Waals surface area contributed by atoms with Gasteiger partial charge in [-0.25, -0.2) is 4.79 Å². The van der Waals surface area contributed by atoms with Crippen LogP contribution in [-0.2, 0) is 0 Å². The molecule has 1 aromatic heterocycles. The number of hydrogen-bond acceptors (Lipinski definition) is 2. The normalized spacial score (nSPS) is 10.4. The van der Waals surface area contributed by atoms with E-state index in [9.17, 15) is 4.79 Å². The number of halogens is 2. The van der Waals surface area contributed by atoms with Crippen LogP contribution in [0.5, 0.6) is 5.75 Å². The lowest BCUT2D eigenvalue weighted by Gasteiger charge is -2.11. The molecule has 0 aliphatic rings. The molecular weight excluding hydrogens is 321 g/mol. The molecule has 2 aromatic rings. The minimum Gasteiger partial charge on any atom is -0.495 e. The standard InChI is InChI=1S/C12H9BrClNO3/c1-18-11-3-2-8(14)5-9(11)15-6-7(13)4-10(15)12(16)17/h2-6H,1H3,(H,16,17). The SMILES string of the molecule is COc1ccc(Cl)cc1-n1cc(Br)cc1C(=O)O. The van der Waals surface area contributed by atoms with Crippen molar-refractivity contribution < 1.29 is 14.6 Å². The molecule has 0 saturated carbocycles. The Morgan fingerprint density at radius 1 is 1.44 bits per heavy atom. The first-order valence-corrected chi connectivity index (χ1v) is 6.15. The van der Waals surface area contributed by atoms with Gasteiger partial charge in [-0.2, -0.15) is 0 Å². The van der Waals surface area contributed by atoms with Gasteiger partial charge < -0.3 is 14.4 Å². The number of ether oxygens (including phenoxy) is 1. The molecule has 18 heavy (non-hydrogen) atoms. The van der Waals surface area contributed by atoms with E-state index < -0.39 is 5.97 Å². The van der Waals surface area contributed by atoms with Gasteiger partial charge in [-0.15, -0.1) is 0 Å². The molecule has 1 heterocycles. The zero-order valence-corrected chi connectivity index (χ0v) is 11.7. The lowest BCUT2D eigenvalue weighted by Crippen LogP contribution is -2.06. The Morgan fingerprint density at radius 2 is 2.17 bits per heavy atom. The Labute approximate surface area is 117 Å². The van der Waals surface area contributed by atoms with Gasteiger partial charge in [-0.05, 0) is 40.2 Å². The first kappa shape index (κ1) is 13.0. The minimum atomic E-state index is -1.03. The number of carboxylic acid groups (broad SMARTS) is 1. The van der Waals surface area contributed by atoms with E-state index in [1.165, 1.54) is 17.7 Å². The van der Waals surface area contributed by atoms with Crippen LogP contribution in [0.1, 0.15) is 10.5 Å². The van der Waals surface area contributed by atoms with Crippen molar-refractivity contribution >= 4 is 33.5 Å². The highest BCUT2D eigenvalue weighted by Crippen LogP contribution is 2.29. The Bertz CT molecular complexity index is 609. The first-order valence-electron chi connectivity index (χ1n) is 4.98. The molecule has 0 amide bonds. The van der Waals surface area contributed by atoms with Crippen LogP contribution < -0.4 is 4.74 Å². The molecule has 0 aliphatic carbocycles. The lowest BCUT2D eigenvalue weighted by atomic mass is 10.2. The molecule has 0 aliphatic heterocycles. The van der Waals surface area contributed by atoms with Gasteiger partial charge in [0.15, 0.2) is 0 Å². The number of methoxy groups -OCH3 is 1. The molecule has 94 valence electrons. The number of aromatic carboxylic acids is 1.